The number of nitrogens with zero attached hydrogens (tertiary/aromatic N) is 5. The Morgan fingerprint density at radius 1 is 1.31 bits per heavy atom. The standard InChI is InChI=1S/C22H27N5O2/c1-5-19(23-20(6-2)25(3)4)22(28)26-12-13-27-18(15-26)14-21(24-27)29-16-17-10-8-7-9-11-17/h5-11,14H,2,12-13,15-16H2,1,3-4H3. The van der Waals surface area contributed by atoms with E-state index in [9.17, 15) is 4.79 Å². The molecule has 0 saturated heterocycles. The zero-order valence-electron chi connectivity index (χ0n) is 17.2. The highest BCUT2D eigenvalue weighted by molar-refractivity contribution is 6.00. The van der Waals surface area contributed by atoms with Crippen molar-refractivity contribution < 1.29 is 9.53 Å². The third-order valence-electron chi connectivity index (χ3n) is 4.66. The van der Waals surface area contributed by atoms with Crippen LogP contribution in [0.15, 0.2) is 65.8 Å². The van der Waals surface area contributed by atoms with Crippen LogP contribution in [-0.4, -0.2) is 52.0 Å². The van der Waals surface area contributed by atoms with E-state index in [-0.39, 0.29) is 5.91 Å². The third-order valence-corrected chi connectivity index (χ3v) is 4.66. The zero-order valence-corrected chi connectivity index (χ0v) is 17.2. The van der Waals surface area contributed by atoms with Crippen molar-refractivity contribution in [3.05, 3.63) is 72.1 Å². The molecule has 3 rings (SSSR count). The molecule has 1 aliphatic rings. The highest BCUT2D eigenvalue weighted by Crippen LogP contribution is 2.20. The third kappa shape index (κ3) is 4.93. The van der Waals surface area contributed by atoms with Crippen LogP contribution >= 0.6 is 0 Å². The molecule has 0 atom stereocenters. The highest BCUT2D eigenvalue weighted by Gasteiger charge is 2.25. The van der Waals surface area contributed by atoms with E-state index < -0.39 is 0 Å². The molecule has 1 aliphatic heterocycles. The van der Waals surface area contributed by atoms with Gasteiger partial charge in [0, 0.05) is 26.7 Å². The summed E-state index contributed by atoms with van der Waals surface area (Å²) in [5, 5.41) is 4.50. The minimum Gasteiger partial charge on any atom is -0.472 e. The van der Waals surface area contributed by atoms with Crippen molar-refractivity contribution in [2.75, 3.05) is 20.6 Å². The van der Waals surface area contributed by atoms with E-state index >= 15 is 0 Å². The molecule has 0 fully saturated rings. The average Bonchev–Trinajstić information content (AvgIpc) is 3.15. The fraction of sp³-hybridized carbons (Fsp3) is 0.318. The Labute approximate surface area is 171 Å². The van der Waals surface area contributed by atoms with Crippen LogP contribution in [0.4, 0.5) is 0 Å². The van der Waals surface area contributed by atoms with Crippen molar-refractivity contribution >= 4 is 11.7 Å². The zero-order chi connectivity index (χ0) is 20.8. The van der Waals surface area contributed by atoms with Gasteiger partial charge >= 0.3 is 0 Å². The molecule has 0 saturated carbocycles. The number of aromatic nitrogens is 2. The molecule has 152 valence electrons. The lowest BCUT2D eigenvalue weighted by Crippen LogP contribution is -2.39. The Balaban J connectivity index is 1.68. The molecule has 0 unspecified atom stereocenters. The van der Waals surface area contributed by atoms with Gasteiger partial charge in [-0.1, -0.05) is 43.0 Å². The van der Waals surface area contributed by atoms with Crippen LogP contribution in [0.25, 0.3) is 0 Å². The van der Waals surface area contributed by atoms with E-state index in [4.69, 9.17) is 4.74 Å². The van der Waals surface area contributed by atoms with Crippen molar-refractivity contribution in [3.63, 3.8) is 0 Å². The van der Waals surface area contributed by atoms with Crippen LogP contribution in [-0.2, 0) is 24.5 Å². The van der Waals surface area contributed by atoms with Crippen LogP contribution in [0.5, 0.6) is 5.88 Å². The van der Waals surface area contributed by atoms with E-state index in [1.807, 2.05) is 67.0 Å². The number of carbonyl (C=O) groups is 1. The first-order chi connectivity index (χ1) is 14.0. The largest absolute Gasteiger partial charge is 0.472 e. The molecule has 0 bridgehead atoms. The number of aliphatic imine (C=N–C) groups is 1. The van der Waals surface area contributed by atoms with Gasteiger partial charge in [0.25, 0.3) is 5.91 Å². The molecule has 1 aromatic carbocycles. The SMILES string of the molecule is C=CC(=NC(=CC)C(=O)N1CCn2nc(OCc3ccccc3)cc2C1)N(C)C. The van der Waals surface area contributed by atoms with Gasteiger partial charge in [-0.3, -0.25) is 9.48 Å². The number of amidine groups is 1. The Kier molecular flexibility index (Phi) is 6.49. The maximum absolute atomic E-state index is 13.0. The van der Waals surface area contributed by atoms with Gasteiger partial charge in [-0.25, -0.2) is 4.99 Å². The number of fused-ring (bicyclic) bond motifs is 1. The Hall–Kier alpha value is -3.35. The second-order valence-electron chi connectivity index (χ2n) is 6.94. The van der Waals surface area contributed by atoms with Gasteiger partial charge in [-0.2, -0.15) is 0 Å². The number of allylic oxidation sites excluding steroid dienone is 1. The van der Waals surface area contributed by atoms with Gasteiger partial charge in [0.05, 0.1) is 18.8 Å². The van der Waals surface area contributed by atoms with E-state index in [2.05, 4.69) is 16.7 Å². The molecule has 1 amide bonds. The number of amides is 1. The molecule has 7 heteroatoms. The summed E-state index contributed by atoms with van der Waals surface area (Å²) in [7, 11) is 3.74. The molecule has 1 aromatic heterocycles. The van der Waals surface area contributed by atoms with Crippen molar-refractivity contribution in [2.24, 2.45) is 4.99 Å². The highest BCUT2D eigenvalue weighted by atomic mass is 16.5. The minimum absolute atomic E-state index is 0.104. The van der Waals surface area contributed by atoms with Gasteiger partial charge in [-0.05, 0) is 18.6 Å². The predicted octanol–water partition coefficient (Wildman–Crippen LogP) is 2.85. The second kappa shape index (κ2) is 9.23. The maximum Gasteiger partial charge on any atom is 0.272 e. The number of carbonyl (C=O) groups excluding carboxylic acids is 1. The quantitative estimate of drug-likeness (QED) is 0.430. The number of hydrogen-bond donors (Lipinski definition) is 0. The summed E-state index contributed by atoms with van der Waals surface area (Å²) in [4.78, 5) is 21.0. The van der Waals surface area contributed by atoms with Gasteiger partial charge in [0.1, 0.15) is 18.1 Å². The van der Waals surface area contributed by atoms with E-state index in [1.165, 1.54) is 0 Å². The first kappa shape index (κ1) is 20.4. The summed E-state index contributed by atoms with van der Waals surface area (Å²) in [6.45, 7) is 7.71. The van der Waals surface area contributed by atoms with Crippen LogP contribution in [0.2, 0.25) is 0 Å². The second-order valence-corrected chi connectivity index (χ2v) is 6.94. The van der Waals surface area contributed by atoms with Crippen LogP contribution in [0.3, 0.4) is 0 Å². The van der Waals surface area contributed by atoms with Crippen molar-refractivity contribution in [2.45, 2.75) is 26.6 Å². The molecule has 0 aliphatic carbocycles. The van der Waals surface area contributed by atoms with Gasteiger partial charge < -0.3 is 14.5 Å². The lowest BCUT2D eigenvalue weighted by molar-refractivity contribution is -0.128. The fourth-order valence-corrected chi connectivity index (χ4v) is 3.06. The lowest BCUT2D eigenvalue weighted by atomic mass is 10.2. The summed E-state index contributed by atoms with van der Waals surface area (Å²) in [5.74, 6) is 1.11. The van der Waals surface area contributed by atoms with E-state index in [1.54, 1.807) is 17.1 Å². The summed E-state index contributed by atoms with van der Waals surface area (Å²) in [5.41, 5.74) is 2.44. The van der Waals surface area contributed by atoms with Crippen LogP contribution in [0, 0.1) is 0 Å². The summed E-state index contributed by atoms with van der Waals surface area (Å²) < 4.78 is 7.72. The first-order valence-corrected chi connectivity index (χ1v) is 9.59. The molecule has 7 nitrogen and oxygen atoms in total. The summed E-state index contributed by atoms with van der Waals surface area (Å²) in [6.07, 6.45) is 3.37. The van der Waals surface area contributed by atoms with E-state index in [0.717, 1.165) is 11.3 Å². The molecule has 29 heavy (non-hydrogen) atoms. The smallest absolute Gasteiger partial charge is 0.272 e. The predicted molar refractivity (Wildman–Crippen MR) is 113 cm³/mol. The number of benzene rings is 1. The summed E-state index contributed by atoms with van der Waals surface area (Å²) in [6, 6.07) is 11.9. The molecule has 0 radical (unpaired) electrons. The number of ether oxygens (including phenoxy) is 1. The number of likely N-dealkylation sites (N-methyl/N-ethyl adjacent to an activating group) is 1. The van der Waals surface area contributed by atoms with Crippen molar-refractivity contribution in [3.8, 4) is 5.88 Å². The minimum atomic E-state index is -0.104. The monoisotopic (exact) mass is 393 g/mol. The fourth-order valence-electron chi connectivity index (χ4n) is 3.06. The van der Waals surface area contributed by atoms with Gasteiger partial charge in [0.15, 0.2) is 0 Å². The van der Waals surface area contributed by atoms with Crippen molar-refractivity contribution in [1.82, 2.24) is 19.6 Å². The normalized spacial score (nSPS) is 14.4. The molecule has 0 N–H and O–H groups in total. The van der Waals surface area contributed by atoms with Crippen molar-refractivity contribution in [1.29, 1.82) is 0 Å². The molecule has 0 spiro atoms. The first-order valence-electron chi connectivity index (χ1n) is 9.59. The average molecular weight is 393 g/mol. The van der Waals surface area contributed by atoms with Gasteiger partial charge in [0.2, 0.25) is 5.88 Å². The van der Waals surface area contributed by atoms with Crippen LogP contribution in [0.1, 0.15) is 18.2 Å². The molecule has 2 aromatic rings. The Morgan fingerprint density at radius 3 is 2.72 bits per heavy atom. The van der Waals surface area contributed by atoms with Gasteiger partial charge in [-0.15, -0.1) is 5.10 Å². The maximum atomic E-state index is 13.0. The molecule has 2 heterocycles. The van der Waals surface area contributed by atoms with E-state index in [0.29, 0.717) is 43.7 Å². The number of hydrogen-bond acceptors (Lipinski definition) is 4. The molecular weight excluding hydrogens is 366 g/mol. The van der Waals surface area contributed by atoms with Crippen LogP contribution < -0.4 is 4.74 Å². The Bertz CT molecular complexity index is 928. The topological polar surface area (TPSA) is 63.0 Å². The Morgan fingerprint density at radius 2 is 2.07 bits per heavy atom. The molecular formula is C22H27N5O2. The number of rotatable bonds is 6. The summed E-state index contributed by atoms with van der Waals surface area (Å²) >= 11 is 0. The lowest BCUT2D eigenvalue weighted by Gasteiger charge is -2.27.